The van der Waals surface area contributed by atoms with Gasteiger partial charge < -0.3 is 10.4 Å². The molecule has 5 rings (SSSR count). The lowest BCUT2D eigenvalue weighted by Crippen LogP contribution is -2.65. The van der Waals surface area contributed by atoms with Crippen molar-refractivity contribution in [2.24, 2.45) is 0 Å². The number of hydrogen-bond donors (Lipinski definition) is 2. The second kappa shape index (κ2) is 5.24. The zero-order valence-electron chi connectivity index (χ0n) is 15.8. The van der Waals surface area contributed by atoms with Crippen LogP contribution in [0.5, 0.6) is 0 Å². The van der Waals surface area contributed by atoms with Gasteiger partial charge in [-0.15, -0.1) is 0 Å². The average molecular weight is 383 g/mol. The third-order valence-electron chi connectivity index (χ3n) is 6.90. The van der Waals surface area contributed by atoms with Crippen molar-refractivity contribution in [1.82, 2.24) is 14.4 Å². The first-order valence-electron chi connectivity index (χ1n) is 9.39. The SMILES string of the molecule is CC1(C)Nc2c(Cl)cc(-c3cncc4nccn34)cc2C2(C)CCCC12O. The molecule has 0 spiro atoms. The molecule has 2 aliphatic rings. The molecule has 2 atom stereocenters. The number of hydrogen-bond acceptors (Lipinski definition) is 4. The lowest BCUT2D eigenvalue weighted by atomic mass is 9.60. The van der Waals surface area contributed by atoms with Crippen LogP contribution in [-0.4, -0.2) is 30.6 Å². The van der Waals surface area contributed by atoms with E-state index in [4.69, 9.17) is 11.6 Å². The quantitative estimate of drug-likeness (QED) is 0.653. The number of aromatic nitrogens is 3. The minimum absolute atomic E-state index is 0.354. The van der Waals surface area contributed by atoms with E-state index in [1.807, 2.05) is 22.9 Å². The third kappa shape index (κ3) is 2.04. The van der Waals surface area contributed by atoms with E-state index < -0.39 is 11.1 Å². The van der Waals surface area contributed by atoms with E-state index >= 15 is 0 Å². The lowest BCUT2D eigenvalue weighted by molar-refractivity contribution is -0.0628. The van der Waals surface area contributed by atoms with Crippen molar-refractivity contribution in [3.05, 3.63) is 47.5 Å². The van der Waals surface area contributed by atoms with Gasteiger partial charge in [-0.1, -0.05) is 18.5 Å². The van der Waals surface area contributed by atoms with Crippen molar-refractivity contribution in [3.8, 4) is 11.3 Å². The monoisotopic (exact) mass is 382 g/mol. The Hall–Kier alpha value is -2.11. The van der Waals surface area contributed by atoms with Gasteiger partial charge in [-0.05, 0) is 50.8 Å². The normalized spacial score (nSPS) is 28.6. The molecule has 2 N–H and O–H groups in total. The molecule has 0 saturated heterocycles. The van der Waals surface area contributed by atoms with Crippen LogP contribution < -0.4 is 5.32 Å². The Morgan fingerprint density at radius 3 is 2.81 bits per heavy atom. The minimum atomic E-state index is -0.825. The molecule has 27 heavy (non-hydrogen) atoms. The topological polar surface area (TPSA) is 62.5 Å². The average Bonchev–Trinajstić information content (AvgIpc) is 3.22. The number of imidazole rings is 1. The van der Waals surface area contributed by atoms with Crippen molar-refractivity contribution in [3.63, 3.8) is 0 Å². The van der Waals surface area contributed by atoms with Gasteiger partial charge in [-0.2, -0.15) is 0 Å². The summed E-state index contributed by atoms with van der Waals surface area (Å²) in [5.74, 6) is 0. The maximum absolute atomic E-state index is 11.7. The summed E-state index contributed by atoms with van der Waals surface area (Å²) in [6.07, 6.45) is 9.98. The summed E-state index contributed by atoms with van der Waals surface area (Å²) in [6, 6.07) is 4.14. The van der Waals surface area contributed by atoms with Crippen molar-refractivity contribution in [1.29, 1.82) is 0 Å². The highest BCUT2D eigenvalue weighted by atomic mass is 35.5. The van der Waals surface area contributed by atoms with Crippen LogP contribution in [0, 0.1) is 0 Å². The van der Waals surface area contributed by atoms with Gasteiger partial charge in [0.2, 0.25) is 0 Å². The number of rotatable bonds is 1. The van der Waals surface area contributed by atoms with Crippen LogP contribution in [0.15, 0.2) is 36.9 Å². The van der Waals surface area contributed by atoms with E-state index in [1.54, 1.807) is 12.4 Å². The molecule has 0 amide bonds. The summed E-state index contributed by atoms with van der Waals surface area (Å²) >= 11 is 6.76. The highest BCUT2D eigenvalue weighted by Crippen LogP contribution is 2.60. The first-order valence-corrected chi connectivity index (χ1v) is 9.77. The number of halogens is 1. The molecule has 2 aromatic heterocycles. The van der Waals surface area contributed by atoms with Crippen LogP contribution in [-0.2, 0) is 5.41 Å². The van der Waals surface area contributed by atoms with Crippen LogP contribution in [0.1, 0.15) is 45.6 Å². The molecular formula is C21H23ClN4O. The fourth-order valence-electron chi connectivity index (χ4n) is 5.34. The van der Waals surface area contributed by atoms with Gasteiger partial charge in [0.25, 0.3) is 0 Å². The fourth-order valence-corrected chi connectivity index (χ4v) is 5.60. The number of aliphatic hydroxyl groups is 1. The second-order valence-corrected chi connectivity index (χ2v) is 9.03. The zero-order valence-corrected chi connectivity index (χ0v) is 16.5. The van der Waals surface area contributed by atoms with E-state index in [2.05, 4.69) is 42.1 Å². The van der Waals surface area contributed by atoms with Gasteiger partial charge in [0, 0.05) is 23.4 Å². The number of benzene rings is 1. The molecule has 1 saturated carbocycles. The molecule has 1 aliphatic carbocycles. The molecule has 0 bridgehead atoms. The maximum Gasteiger partial charge on any atom is 0.155 e. The van der Waals surface area contributed by atoms with Crippen molar-refractivity contribution in [2.75, 3.05) is 5.32 Å². The van der Waals surface area contributed by atoms with Crippen LogP contribution in [0.2, 0.25) is 5.02 Å². The Balaban J connectivity index is 1.78. The van der Waals surface area contributed by atoms with Crippen LogP contribution in [0.3, 0.4) is 0 Å². The van der Waals surface area contributed by atoms with Crippen molar-refractivity contribution >= 4 is 22.9 Å². The number of nitrogens with one attached hydrogen (secondary N) is 1. The molecule has 1 aromatic carbocycles. The molecule has 1 aliphatic heterocycles. The third-order valence-corrected chi connectivity index (χ3v) is 7.19. The molecule has 6 heteroatoms. The van der Waals surface area contributed by atoms with Gasteiger partial charge in [0.15, 0.2) is 5.65 Å². The van der Waals surface area contributed by atoms with Gasteiger partial charge in [0.1, 0.15) is 0 Å². The van der Waals surface area contributed by atoms with E-state index in [1.165, 1.54) is 0 Å². The van der Waals surface area contributed by atoms with E-state index in [-0.39, 0.29) is 5.41 Å². The molecule has 2 unspecified atom stereocenters. The molecule has 1 fully saturated rings. The summed E-state index contributed by atoms with van der Waals surface area (Å²) in [7, 11) is 0. The van der Waals surface area contributed by atoms with E-state index in [9.17, 15) is 5.11 Å². The Morgan fingerprint density at radius 2 is 2.00 bits per heavy atom. The molecule has 3 heterocycles. The van der Waals surface area contributed by atoms with E-state index in [0.717, 1.165) is 47.4 Å². The maximum atomic E-state index is 11.7. The van der Waals surface area contributed by atoms with Gasteiger partial charge >= 0.3 is 0 Å². The van der Waals surface area contributed by atoms with Crippen LogP contribution in [0.25, 0.3) is 16.9 Å². The minimum Gasteiger partial charge on any atom is -0.387 e. The molecule has 5 nitrogen and oxygen atoms in total. The summed E-state index contributed by atoms with van der Waals surface area (Å²) in [5, 5.41) is 15.9. The molecule has 0 radical (unpaired) electrons. The van der Waals surface area contributed by atoms with Gasteiger partial charge in [-0.25, -0.2) is 4.98 Å². The zero-order chi connectivity index (χ0) is 19.0. The molecular weight excluding hydrogens is 360 g/mol. The Morgan fingerprint density at radius 1 is 1.19 bits per heavy atom. The summed E-state index contributed by atoms with van der Waals surface area (Å²) in [6.45, 7) is 6.32. The highest BCUT2D eigenvalue weighted by Gasteiger charge is 2.63. The molecule has 3 aromatic rings. The van der Waals surface area contributed by atoms with Crippen molar-refractivity contribution in [2.45, 2.75) is 56.6 Å². The summed E-state index contributed by atoms with van der Waals surface area (Å²) in [5.41, 5.74) is 3.09. The Bertz CT molecular complexity index is 1080. The van der Waals surface area contributed by atoms with Gasteiger partial charge in [-0.3, -0.25) is 9.38 Å². The van der Waals surface area contributed by atoms with E-state index in [0.29, 0.717) is 5.02 Å². The Labute approximate surface area is 163 Å². The van der Waals surface area contributed by atoms with Gasteiger partial charge in [0.05, 0.1) is 39.9 Å². The standard InChI is InChI=1S/C21H23ClN4O/c1-19(2)21(27)6-4-5-20(21,3)14-9-13(10-15(22)18(14)25-19)16-11-23-12-17-24-7-8-26(16)17/h7-12,25,27H,4-6H2,1-3H3. The fraction of sp³-hybridized carbons (Fsp3) is 0.429. The number of nitrogens with zero attached hydrogens (tertiary/aromatic N) is 3. The lowest BCUT2D eigenvalue weighted by Gasteiger charge is -2.55. The first kappa shape index (κ1) is 17.0. The highest BCUT2D eigenvalue weighted by molar-refractivity contribution is 6.33. The predicted octanol–water partition coefficient (Wildman–Crippen LogP) is 4.43. The number of fused-ring (bicyclic) bond motifs is 4. The first-order chi connectivity index (χ1) is 12.8. The largest absolute Gasteiger partial charge is 0.387 e. The van der Waals surface area contributed by atoms with Crippen LogP contribution in [0.4, 0.5) is 5.69 Å². The summed E-state index contributed by atoms with van der Waals surface area (Å²) in [4.78, 5) is 8.66. The predicted molar refractivity (Wildman–Crippen MR) is 107 cm³/mol. The van der Waals surface area contributed by atoms with Crippen molar-refractivity contribution < 1.29 is 5.11 Å². The number of anilines is 1. The summed E-state index contributed by atoms with van der Waals surface area (Å²) < 4.78 is 2.01. The molecule has 140 valence electrons. The second-order valence-electron chi connectivity index (χ2n) is 8.62. The Kier molecular flexibility index (Phi) is 3.30. The smallest absolute Gasteiger partial charge is 0.155 e. The van der Waals surface area contributed by atoms with Crippen LogP contribution >= 0.6 is 11.6 Å².